The monoisotopic (exact) mass is 1230 g/mol. The molecule has 0 amide bonds. The molecular weight excluding hydrogens is 1180 g/mol. The van der Waals surface area contributed by atoms with E-state index < -0.39 is 70.8 Å². The first-order chi connectivity index (χ1) is 39.5. The van der Waals surface area contributed by atoms with Crippen LogP contribution in [0.15, 0.2) is 120 Å². The van der Waals surface area contributed by atoms with Gasteiger partial charge < -0.3 is 48.8 Å². The molecule has 29 heteroatoms. The van der Waals surface area contributed by atoms with E-state index in [2.05, 4.69) is 18.7 Å². The summed E-state index contributed by atoms with van der Waals surface area (Å²) in [7, 11) is -3.60. The number of phenols is 1. The van der Waals surface area contributed by atoms with Gasteiger partial charge in [-0.25, -0.2) is 57.4 Å². The Bertz CT molecular complexity index is 3790. The number of benzene rings is 6. The lowest BCUT2D eigenvalue weighted by Gasteiger charge is -2.38. The zero-order valence-electron chi connectivity index (χ0n) is 44.9. The second-order valence-corrected chi connectivity index (χ2v) is 23.7. The smallest absolute Gasteiger partial charge is 0.269 e. The molecule has 2 aliphatic heterocycles. The van der Waals surface area contributed by atoms with E-state index in [1.54, 1.807) is 60.7 Å². The summed E-state index contributed by atoms with van der Waals surface area (Å²) in [5.41, 5.74) is 4.42. The summed E-state index contributed by atoms with van der Waals surface area (Å²) in [6.45, 7) is 5.37. The van der Waals surface area contributed by atoms with Crippen molar-refractivity contribution in [2.45, 2.75) is 48.9 Å². The number of rotatable bonds is 18. The predicted molar refractivity (Wildman–Crippen MR) is 299 cm³/mol. The number of aliphatic hydroxyl groups is 2. The van der Waals surface area contributed by atoms with Crippen molar-refractivity contribution in [2.75, 3.05) is 73.0 Å². The average molecular weight is 1230 g/mol. The number of anilines is 4. The number of methoxy groups -OCH3 is 4. The Labute approximate surface area is 482 Å². The van der Waals surface area contributed by atoms with Crippen molar-refractivity contribution in [2.24, 2.45) is 0 Å². The van der Waals surface area contributed by atoms with Gasteiger partial charge in [-0.1, -0.05) is 0 Å². The molecule has 0 unspecified atom stereocenters. The minimum atomic E-state index is -4.68. The molecule has 0 spiro atoms. The number of β-amino-alcohol motifs (C(OH)–C–C–N with tert-alkyl or cyclic N) is 2. The zero-order chi connectivity index (χ0) is 59.9. The van der Waals surface area contributed by atoms with Gasteiger partial charge in [-0.3, -0.25) is 0 Å². The minimum Gasteiger partial charge on any atom is -0.508 e. The minimum absolute atomic E-state index is 0.0496. The Hall–Kier alpha value is -8.09. The van der Waals surface area contributed by atoms with Gasteiger partial charge in [-0.05, 0) is 73.5 Å². The van der Waals surface area contributed by atoms with Crippen molar-refractivity contribution in [1.29, 1.82) is 0 Å². The normalized spacial score (nSPS) is 13.4. The predicted octanol–water partition coefficient (Wildman–Crippen LogP) is 8.76. The van der Waals surface area contributed by atoms with Crippen LogP contribution in [0.1, 0.15) is 22.3 Å². The number of aromatic nitrogens is 4. The SMILES string of the molecule is COc1ccc(CN(c2ncns2)S(=O)(=O)c2cc(F)c(F)cc2F)c(OC)c1.COc1ccc(CN(c2ncns2)S(=O)(=O)c2cc(F)c(Oc3cc(C)cc(N4CC(O)C4)c3)cc2F)c(OC)c1.Cc1cc(O)cc(N2CC(O)C2)c1. The largest absolute Gasteiger partial charge is 0.508 e. The lowest BCUT2D eigenvalue weighted by atomic mass is 10.1. The molecule has 3 N–H and O–H groups in total. The molecule has 0 atom stereocenters. The van der Waals surface area contributed by atoms with Crippen molar-refractivity contribution in [3.63, 3.8) is 0 Å². The highest BCUT2D eigenvalue weighted by atomic mass is 32.2. The number of phenolic OH excluding ortho intramolecular Hbond substituents is 1. The Morgan fingerprint density at radius 3 is 1.41 bits per heavy atom. The molecule has 440 valence electrons. The first kappa shape index (κ1) is 61.0. The highest BCUT2D eigenvalue weighted by Gasteiger charge is 2.35. The first-order valence-electron chi connectivity index (χ1n) is 24.6. The van der Waals surface area contributed by atoms with Crippen molar-refractivity contribution in [3.8, 4) is 40.2 Å². The Morgan fingerprint density at radius 1 is 0.530 bits per heavy atom. The first-order valence-corrected chi connectivity index (χ1v) is 29.0. The van der Waals surface area contributed by atoms with Gasteiger partial charge >= 0.3 is 0 Å². The van der Waals surface area contributed by atoms with E-state index in [1.807, 2.05) is 35.8 Å². The van der Waals surface area contributed by atoms with Crippen molar-refractivity contribution >= 4 is 64.7 Å². The second-order valence-electron chi connectivity index (χ2n) is 18.5. The van der Waals surface area contributed by atoms with Crippen molar-refractivity contribution < 1.29 is 77.8 Å². The van der Waals surface area contributed by atoms with E-state index in [0.717, 1.165) is 60.5 Å². The number of aryl methyl sites for hydroxylation is 2. The molecule has 2 aromatic heterocycles. The van der Waals surface area contributed by atoms with Crippen LogP contribution in [-0.4, -0.2) is 118 Å². The molecule has 10 rings (SSSR count). The molecule has 4 heterocycles. The third-order valence-corrected chi connectivity index (χ3v) is 17.7. The van der Waals surface area contributed by atoms with Gasteiger partial charge in [0.25, 0.3) is 20.0 Å². The number of aromatic hydroxyl groups is 1. The number of hydrogen-bond donors (Lipinski definition) is 3. The van der Waals surface area contributed by atoms with E-state index in [9.17, 15) is 40.2 Å². The van der Waals surface area contributed by atoms with Crippen molar-refractivity contribution in [3.05, 3.63) is 161 Å². The van der Waals surface area contributed by atoms with Crippen LogP contribution in [0.5, 0.6) is 40.2 Å². The maximum atomic E-state index is 15.4. The summed E-state index contributed by atoms with van der Waals surface area (Å²) in [5, 5.41) is 27.9. The molecule has 6 aromatic carbocycles. The molecule has 8 aromatic rings. The van der Waals surface area contributed by atoms with Crippen LogP contribution in [0.25, 0.3) is 0 Å². The summed E-state index contributed by atoms with van der Waals surface area (Å²) in [4.78, 5) is 9.88. The molecule has 83 heavy (non-hydrogen) atoms. The summed E-state index contributed by atoms with van der Waals surface area (Å²) in [5.74, 6) is -5.08. The number of nitrogens with zero attached hydrogens (tertiary/aromatic N) is 8. The maximum Gasteiger partial charge on any atom is 0.269 e. The lowest BCUT2D eigenvalue weighted by Crippen LogP contribution is -2.50. The van der Waals surface area contributed by atoms with Gasteiger partial charge in [-0.2, -0.15) is 8.75 Å². The highest BCUT2D eigenvalue weighted by molar-refractivity contribution is 7.93. The van der Waals surface area contributed by atoms with Crippen LogP contribution in [0.3, 0.4) is 0 Å². The Morgan fingerprint density at radius 2 is 0.976 bits per heavy atom. The zero-order valence-corrected chi connectivity index (χ0v) is 48.2. The Kier molecular flexibility index (Phi) is 19.1. The number of ether oxygens (including phenoxy) is 5. The van der Waals surface area contributed by atoms with E-state index in [4.69, 9.17) is 28.8 Å². The van der Waals surface area contributed by atoms with Gasteiger partial charge in [-0.15, -0.1) is 0 Å². The van der Waals surface area contributed by atoms with Crippen LogP contribution < -0.4 is 42.1 Å². The van der Waals surface area contributed by atoms with Crippen LogP contribution in [-0.2, 0) is 33.1 Å². The number of halogens is 5. The van der Waals surface area contributed by atoms with Gasteiger partial charge in [0, 0.05) is 120 Å². The summed E-state index contributed by atoms with van der Waals surface area (Å²) >= 11 is 1.52. The van der Waals surface area contributed by atoms with E-state index >= 15 is 8.78 Å². The van der Waals surface area contributed by atoms with Gasteiger partial charge in [0.05, 0.1) is 53.7 Å². The van der Waals surface area contributed by atoms with Crippen LogP contribution in [0, 0.1) is 42.9 Å². The fraction of sp³-hybridized carbons (Fsp3) is 0.259. The van der Waals surface area contributed by atoms with E-state index in [1.165, 1.54) is 34.8 Å². The van der Waals surface area contributed by atoms with Crippen LogP contribution >= 0.6 is 23.1 Å². The topological polar surface area (TPSA) is 240 Å². The quantitative estimate of drug-likeness (QED) is 0.0537. The fourth-order valence-electron chi connectivity index (χ4n) is 8.42. The highest BCUT2D eigenvalue weighted by Crippen LogP contribution is 2.38. The van der Waals surface area contributed by atoms with Gasteiger partial charge in [0.15, 0.2) is 23.2 Å². The number of sulfonamides is 2. The lowest BCUT2D eigenvalue weighted by molar-refractivity contribution is 0.141. The fourth-order valence-corrected chi connectivity index (χ4v) is 12.8. The van der Waals surface area contributed by atoms with E-state index in [-0.39, 0.29) is 47.0 Å². The molecule has 0 radical (unpaired) electrons. The van der Waals surface area contributed by atoms with Gasteiger partial charge in [0.2, 0.25) is 10.3 Å². The number of aliphatic hydroxyl groups excluding tert-OH is 2. The molecule has 0 bridgehead atoms. The molecule has 2 fully saturated rings. The standard InChI is InChI=1S/C27H26F2N4O6S2.C17H14F3N3O4S2.C10H13NO2/c1-16-6-18(32-13-19(34)14-32)8-21(7-16)39-25-10-23(29)26(11-22(25)28)41(35,36)33(27-30-15-31-40-27)12-17-4-5-20(37-2)9-24(17)38-3;1-26-11-4-3-10(15(5-11)27-2)8-23(17-21-9-22-28-17)29(24,25)16-7-13(19)12(18)6-14(16)20;1-7-2-8(4-9(12)3-7)11-5-10(13)6-11/h4-11,15,19,34H,12-14H2,1-3H3;3-7,9H,8H2,1-2H3;2-4,10,12-13H,5-6H2,1H3. The second kappa shape index (κ2) is 26.0. The maximum absolute atomic E-state index is 15.4. The number of hydrogen-bond acceptors (Lipinski definition) is 20. The third-order valence-electron chi connectivity index (χ3n) is 12.6. The van der Waals surface area contributed by atoms with Crippen LogP contribution in [0.2, 0.25) is 0 Å². The Balaban J connectivity index is 0.000000185. The van der Waals surface area contributed by atoms with Crippen molar-refractivity contribution in [1.82, 2.24) is 18.7 Å². The molecular formula is C54H53F5N8O12S4. The summed E-state index contributed by atoms with van der Waals surface area (Å²) in [6, 6.07) is 21.8. The summed E-state index contributed by atoms with van der Waals surface area (Å²) < 4.78 is 161. The average Bonchev–Trinajstić information content (AvgIpc) is 3.85. The third kappa shape index (κ3) is 14.2. The van der Waals surface area contributed by atoms with E-state index in [0.29, 0.717) is 78.5 Å². The van der Waals surface area contributed by atoms with Crippen LogP contribution in [0.4, 0.5) is 43.6 Å². The summed E-state index contributed by atoms with van der Waals surface area (Å²) in [6.07, 6.45) is 1.66. The molecule has 2 saturated heterocycles. The molecule has 0 saturated carbocycles. The molecule has 0 aliphatic carbocycles. The molecule has 20 nitrogen and oxygen atoms in total. The van der Waals surface area contributed by atoms with Gasteiger partial charge in [0.1, 0.15) is 68.6 Å². The molecule has 2 aliphatic rings.